The average molecular weight is 302 g/mol. The normalized spacial score (nSPS) is 13.6. The van der Waals surface area contributed by atoms with Gasteiger partial charge in [-0.1, -0.05) is 43.3 Å². The van der Waals surface area contributed by atoms with Gasteiger partial charge < -0.3 is 5.11 Å². The van der Waals surface area contributed by atoms with Gasteiger partial charge in [0.25, 0.3) is 0 Å². The van der Waals surface area contributed by atoms with Crippen molar-refractivity contribution < 1.29 is 9.90 Å². The minimum absolute atomic E-state index is 0.372. The molecule has 1 heterocycles. The van der Waals surface area contributed by atoms with Crippen molar-refractivity contribution >= 4 is 17.7 Å². The van der Waals surface area contributed by atoms with E-state index in [9.17, 15) is 9.90 Å². The van der Waals surface area contributed by atoms with Crippen molar-refractivity contribution in [2.45, 2.75) is 17.5 Å². The van der Waals surface area contributed by atoms with Crippen LogP contribution < -0.4 is 5.32 Å². The number of nitrogens with zero attached hydrogens (tertiary/aromatic N) is 1. The van der Waals surface area contributed by atoms with Gasteiger partial charge in [-0.05, 0) is 24.2 Å². The van der Waals surface area contributed by atoms with Crippen molar-refractivity contribution in [3.63, 3.8) is 0 Å². The highest BCUT2D eigenvalue weighted by Gasteiger charge is 2.39. The fraction of sp³-hybridized carbons (Fsp3) is 0.250. The summed E-state index contributed by atoms with van der Waals surface area (Å²) in [6.45, 7) is 2.48. The van der Waals surface area contributed by atoms with Crippen molar-refractivity contribution in [3.8, 4) is 0 Å². The van der Waals surface area contributed by atoms with Crippen molar-refractivity contribution in [1.29, 1.82) is 0 Å². The molecular weight excluding hydrogens is 284 g/mol. The molecule has 2 N–H and O–H groups in total. The van der Waals surface area contributed by atoms with E-state index >= 15 is 0 Å². The Kier molecular flexibility index (Phi) is 5.36. The van der Waals surface area contributed by atoms with Gasteiger partial charge in [0.15, 0.2) is 5.54 Å². The standard InChI is InChI=1S/C16H18N2O2S/c1-2-18-16(15(19)20,13-8-4-3-5-9-13)12-21-14-10-6-7-11-17-14/h3-11,18H,2,12H2,1H3,(H,19,20). The van der Waals surface area contributed by atoms with E-state index in [-0.39, 0.29) is 0 Å². The molecule has 0 radical (unpaired) electrons. The van der Waals surface area contributed by atoms with Crippen LogP contribution in [-0.2, 0) is 10.3 Å². The number of likely N-dealkylation sites (N-methyl/N-ethyl adjacent to an activating group) is 1. The monoisotopic (exact) mass is 302 g/mol. The molecule has 0 aliphatic heterocycles. The molecule has 2 rings (SSSR count). The molecule has 1 aromatic carbocycles. The molecule has 1 unspecified atom stereocenters. The summed E-state index contributed by atoms with van der Waals surface area (Å²) in [6, 6.07) is 14.9. The molecule has 0 saturated heterocycles. The van der Waals surface area contributed by atoms with Crippen LogP contribution in [0.5, 0.6) is 0 Å². The smallest absolute Gasteiger partial charge is 0.329 e. The maximum absolute atomic E-state index is 11.9. The van der Waals surface area contributed by atoms with Crippen molar-refractivity contribution in [2.24, 2.45) is 0 Å². The lowest BCUT2D eigenvalue weighted by atomic mass is 9.92. The van der Waals surface area contributed by atoms with Crippen LogP contribution in [0.25, 0.3) is 0 Å². The van der Waals surface area contributed by atoms with Crippen molar-refractivity contribution in [2.75, 3.05) is 12.3 Å². The third-order valence-corrected chi connectivity index (χ3v) is 4.30. The summed E-state index contributed by atoms with van der Waals surface area (Å²) in [5, 5.41) is 13.7. The number of benzene rings is 1. The first-order valence-electron chi connectivity index (χ1n) is 6.77. The Balaban J connectivity index is 2.29. The molecular formula is C16H18N2O2S. The predicted octanol–water partition coefficient (Wildman–Crippen LogP) is 2.76. The summed E-state index contributed by atoms with van der Waals surface area (Å²) >= 11 is 1.44. The molecule has 0 saturated carbocycles. The first-order valence-corrected chi connectivity index (χ1v) is 7.75. The second-order valence-electron chi connectivity index (χ2n) is 4.56. The summed E-state index contributed by atoms with van der Waals surface area (Å²) in [5.74, 6) is -0.504. The van der Waals surface area contributed by atoms with Crippen LogP contribution in [0.3, 0.4) is 0 Å². The Morgan fingerprint density at radius 1 is 1.24 bits per heavy atom. The van der Waals surface area contributed by atoms with Crippen LogP contribution in [0.2, 0.25) is 0 Å². The van der Waals surface area contributed by atoms with E-state index in [1.54, 1.807) is 6.20 Å². The second-order valence-corrected chi connectivity index (χ2v) is 5.56. The molecule has 0 bridgehead atoms. The Bertz CT molecular complexity index is 577. The van der Waals surface area contributed by atoms with Gasteiger partial charge in [0.05, 0.1) is 5.03 Å². The fourth-order valence-electron chi connectivity index (χ4n) is 2.14. The first kappa shape index (κ1) is 15.5. The largest absolute Gasteiger partial charge is 0.480 e. The minimum atomic E-state index is -1.11. The summed E-state index contributed by atoms with van der Waals surface area (Å²) < 4.78 is 0. The zero-order valence-corrected chi connectivity index (χ0v) is 12.6. The van der Waals surface area contributed by atoms with Gasteiger partial charge in [0.2, 0.25) is 0 Å². The maximum atomic E-state index is 11.9. The first-order chi connectivity index (χ1) is 10.2. The maximum Gasteiger partial charge on any atom is 0.329 e. The van der Waals surface area contributed by atoms with Crippen LogP contribution in [0.15, 0.2) is 59.8 Å². The van der Waals surface area contributed by atoms with Crippen molar-refractivity contribution in [3.05, 3.63) is 60.3 Å². The van der Waals surface area contributed by atoms with E-state index in [1.165, 1.54) is 11.8 Å². The van der Waals surface area contributed by atoms with Gasteiger partial charge in [-0.2, -0.15) is 0 Å². The Hall–Kier alpha value is -1.85. The summed E-state index contributed by atoms with van der Waals surface area (Å²) in [6.07, 6.45) is 1.71. The molecule has 0 fully saturated rings. The summed E-state index contributed by atoms with van der Waals surface area (Å²) in [5.41, 5.74) is -0.360. The molecule has 1 atom stereocenters. The lowest BCUT2D eigenvalue weighted by Crippen LogP contribution is -2.51. The highest BCUT2D eigenvalue weighted by molar-refractivity contribution is 7.99. The molecule has 110 valence electrons. The van der Waals surface area contributed by atoms with Crippen LogP contribution >= 0.6 is 11.8 Å². The van der Waals surface area contributed by atoms with E-state index in [1.807, 2.05) is 55.5 Å². The predicted molar refractivity (Wildman–Crippen MR) is 84.4 cm³/mol. The zero-order chi connectivity index (χ0) is 15.1. The van der Waals surface area contributed by atoms with Crippen LogP contribution in [0.1, 0.15) is 12.5 Å². The lowest BCUT2D eigenvalue weighted by molar-refractivity contribution is -0.144. The molecule has 5 heteroatoms. The van der Waals surface area contributed by atoms with Gasteiger partial charge in [0, 0.05) is 11.9 Å². The third kappa shape index (κ3) is 3.62. The average Bonchev–Trinajstić information content (AvgIpc) is 2.53. The Morgan fingerprint density at radius 2 is 1.95 bits per heavy atom. The number of hydrogen-bond donors (Lipinski definition) is 2. The second kappa shape index (κ2) is 7.24. The van der Waals surface area contributed by atoms with E-state index in [4.69, 9.17) is 0 Å². The molecule has 1 aromatic heterocycles. The molecule has 0 spiro atoms. The fourth-order valence-corrected chi connectivity index (χ4v) is 3.20. The van der Waals surface area contributed by atoms with Crippen molar-refractivity contribution in [1.82, 2.24) is 10.3 Å². The van der Waals surface area contributed by atoms with E-state index < -0.39 is 11.5 Å². The van der Waals surface area contributed by atoms with Gasteiger partial charge in [0.1, 0.15) is 0 Å². The highest BCUT2D eigenvalue weighted by atomic mass is 32.2. The molecule has 21 heavy (non-hydrogen) atoms. The molecule has 0 aliphatic rings. The van der Waals surface area contributed by atoms with E-state index in [2.05, 4.69) is 10.3 Å². The Labute approximate surface area is 128 Å². The Morgan fingerprint density at radius 3 is 2.52 bits per heavy atom. The van der Waals surface area contributed by atoms with Gasteiger partial charge in [-0.3, -0.25) is 5.32 Å². The number of aliphatic carboxylic acids is 1. The SMILES string of the molecule is CCNC(CSc1ccccn1)(C(=O)O)c1ccccc1. The molecule has 4 nitrogen and oxygen atoms in total. The van der Waals surface area contributed by atoms with Gasteiger partial charge >= 0.3 is 5.97 Å². The van der Waals surface area contributed by atoms with Crippen LogP contribution in [0.4, 0.5) is 0 Å². The van der Waals surface area contributed by atoms with Crippen LogP contribution in [-0.4, -0.2) is 28.4 Å². The number of pyridine rings is 1. The number of carboxylic acids is 1. The molecule has 2 aromatic rings. The molecule has 0 aliphatic carbocycles. The zero-order valence-electron chi connectivity index (χ0n) is 11.8. The minimum Gasteiger partial charge on any atom is -0.480 e. The third-order valence-electron chi connectivity index (χ3n) is 3.18. The number of carbonyl (C=O) groups is 1. The van der Waals surface area contributed by atoms with E-state index in [0.29, 0.717) is 12.3 Å². The summed E-state index contributed by atoms with van der Waals surface area (Å²) in [7, 11) is 0. The highest BCUT2D eigenvalue weighted by Crippen LogP contribution is 2.29. The lowest BCUT2D eigenvalue weighted by Gasteiger charge is -2.30. The number of rotatable bonds is 7. The number of aromatic nitrogens is 1. The number of nitrogens with one attached hydrogen (secondary N) is 1. The van der Waals surface area contributed by atoms with Crippen LogP contribution in [0, 0.1) is 0 Å². The number of hydrogen-bond acceptors (Lipinski definition) is 4. The summed E-state index contributed by atoms with van der Waals surface area (Å²) in [4.78, 5) is 16.2. The molecule has 0 amide bonds. The van der Waals surface area contributed by atoms with E-state index in [0.717, 1.165) is 10.6 Å². The topological polar surface area (TPSA) is 62.2 Å². The number of carboxylic acid groups (broad SMARTS) is 1. The quantitative estimate of drug-likeness (QED) is 0.770. The van der Waals surface area contributed by atoms with Gasteiger partial charge in [-0.15, -0.1) is 11.8 Å². The number of thioether (sulfide) groups is 1. The van der Waals surface area contributed by atoms with Gasteiger partial charge in [-0.25, -0.2) is 9.78 Å².